The lowest BCUT2D eigenvalue weighted by Crippen LogP contribution is -2.43. The molecule has 0 fully saturated rings. The van der Waals surface area contributed by atoms with Crippen LogP contribution in [0.3, 0.4) is 0 Å². The number of hydrogen-bond donors (Lipinski definition) is 0. The minimum absolute atomic E-state index is 0.567. The van der Waals surface area contributed by atoms with Crippen LogP contribution in [0.15, 0.2) is 60.7 Å². The molecule has 5 rings (SSSR count). The number of benzene rings is 3. The van der Waals surface area contributed by atoms with Gasteiger partial charge < -0.3 is 0 Å². The molecule has 0 aliphatic heterocycles. The fourth-order valence-corrected chi connectivity index (χ4v) is 21.3. The van der Waals surface area contributed by atoms with Gasteiger partial charge in [0.1, 0.15) is 16.1 Å². The number of thiophene rings is 2. The minimum atomic E-state index is -1.99. The molecule has 262 valence electrons. The molecule has 5 aromatic rings. The predicted molar refractivity (Wildman–Crippen MR) is 233 cm³/mol. The highest BCUT2D eigenvalue weighted by atomic mass is 32.1. The molecular weight excluding hydrogens is 673 g/mol. The Bertz CT molecular complexity index is 1930. The molecule has 0 N–H and O–H groups in total. The molecule has 0 unspecified atom stereocenters. The van der Waals surface area contributed by atoms with Gasteiger partial charge in [0.05, 0.1) is 0 Å². The zero-order valence-electron chi connectivity index (χ0n) is 33.1. The van der Waals surface area contributed by atoms with E-state index in [0.29, 0.717) is 33.2 Å². The maximum absolute atomic E-state index is 4.13. The van der Waals surface area contributed by atoms with Gasteiger partial charge in [-0.2, -0.15) is 0 Å². The molecule has 0 aliphatic rings. The second-order valence-electron chi connectivity index (χ2n) is 16.4. The predicted octanol–water partition coefficient (Wildman–Crippen LogP) is 15.2. The van der Waals surface area contributed by atoms with Crippen LogP contribution in [-0.2, 0) is 0 Å². The second kappa shape index (κ2) is 15.0. The second-order valence-corrected chi connectivity index (χ2v) is 30.1. The summed E-state index contributed by atoms with van der Waals surface area (Å²) in [6.45, 7) is 33.4. The largest absolute Gasteiger partial charge is 0.146 e. The molecule has 0 saturated carbocycles. The molecule has 2 heterocycles. The van der Waals surface area contributed by atoms with Crippen molar-refractivity contribution in [2.24, 2.45) is 0 Å². The summed E-state index contributed by atoms with van der Waals surface area (Å²) in [6, 6.07) is 23.2. The first-order valence-corrected chi connectivity index (χ1v) is 24.9. The Labute approximate surface area is 314 Å². The van der Waals surface area contributed by atoms with Gasteiger partial charge in [0.15, 0.2) is 0 Å². The van der Waals surface area contributed by atoms with Crippen molar-refractivity contribution in [1.29, 1.82) is 0 Å². The Hall–Kier alpha value is -2.87. The molecule has 4 heteroatoms. The quantitative estimate of drug-likeness (QED) is 0.0847. The Balaban J connectivity index is 1.98. The maximum atomic E-state index is 4.13. The van der Waals surface area contributed by atoms with Crippen LogP contribution in [0.4, 0.5) is 0 Å². The maximum Gasteiger partial charge on any atom is 0.146 e. The van der Waals surface area contributed by atoms with Crippen molar-refractivity contribution in [3.63, 3.8) is 0 Å². The van der Waals surface area contributed by atoms with Gasteiger partial charge >= 0.3 is 0 Å². The molecule has 0 aliphatic carbocycles. The summed E-state index contributed by atoms with van der Waals surface area (Å²) in [4.78, 5) is 5.28. The fraction of sp³-hybridized carbons (Fsp3) is 0.435. The van der Waals surface area contributed by atoms with E-state index in [1.807, 2.05) is 22.7 Å². The van der Waals surface area contributed by atoms with E-state index in [-0.39, 0.29) is 0 Å². The molecule has 0 bridgehead atoms. The molecule has 50 heavy (non-hydrogen) atoms. The molecular formula is C46H58S2Si2. The number of aryl methyl sites for hydroxylation is 2. The molecule has 0 amide bonds. The molecule has 0 saturated heterocycles. The molecule has 2 aromatic heterocycles. The Kier molecular flexibility index (Phi) is 11.5. The van der Waals surface area contributed by atoms with Gasteiger partial charge in [-0.15, -0.1) is 33.8 Å². The minimum Gasteiger partial charge on any atom is -0.141 e. The zero-order chi connectivity index (χ0) is 36.7. The van der Waals surface area contributed by atoms with Crippen LogP contribution in [0.5, 0.6) is 0 Å². The fourth-order valence-electron chi connectivity index (χ4n) is 9.19. The normalized spacial score (nSPS) is 12.6. The van der Waals surface area contributed by atoms with E-state index in [2.05, 4.69) is 181 Å². The van der Waals surface area contributed by atoms with Gasteiger partial charge in [0, 0.05) is 30.6 Å². The van der Waals surface area contributed by atoms with E-state index in [0.717, 1.165) is 0 Å². The average molecular weight is 731 g/mol. The summed E-state index contributed by atoms with van der Waals surface area (Å²) in [5.41, 5.74) is 16.5. The molecule has 0 radical (unpaired) electrons. The Morgan fingerprint density at radius 1 is 0.420 bits per heavy atom. The van der Waals surface area contributed by atoms with E-state index in [1.165, 1.54) is 63.3 Å². The van der Waals surface area contributed by atoms with Crippen LogP contribution in [0.2, 0.25) is 33.2 Å². The standard InChI is InChI=1S/C46H58S2Si2/c1-29(2)49(30(3)4,31(5)6)25-23-41-39-19-17-38(46-22-16-36(14)48-46)28-44(39)42(24-26-50(32(7)8,33(9)10)34(11)12)40-20-18-37(27-43(40)41)45-21-15-35(13)47-45/h15-22,27-34H,1-14H3. The lowest BCUT2D eigenvalue weighted by atomic mass is 9.90. The van der Waals surface area contributed by atoms with Crippen molar-refractivity contribution in [1.82, 2.24) is 0 Å². The van der Waals surface area contributed by atoms with Crippen LogP contribution in [-0.4, -0.2) is 16.1 Å². The van der Waals surface area contributed by atoms with E-state index in [1.54, 1.807) is 0 Å². The Morgan fingerprint density at radius 2 is 0.740 bits per heavy atom. The van der Waals surface area contributed by atoms with E-state index < -0.39 is 16.1 Å². The SMILES string of the molecule is Cc1ccc(-c2ccc3c(C#C[Si](C(C)C)(C(C)C)C(C)C)c4cc(-c5ccc(C)s5)ccc4c(C#C[Si](C(C)C)(C(C)C)C(C)C)c3c2)s1. The van der Waals surface area contributed by atoms with Crippen LogP contribution >= 0.6 is 22.7 Å². The zero-order valence-corrected chi connectivity index (χ0v) is 36.7. The van der Waals surface area contributed by atoms with Crippen LogP contribution in [0.1, 0.15) is 104 Å². The van der Waals surface area contributed by atoms with Gasteiger partial charge in [0.2, 0.25) is 0 Å². The molecule has 0 spiro atoms. The first-order valence-electron chi connectivity index (χ1n) is 18.8. The smallest absolute Gasteiger partial charge is 0.141 e. The van der Waals surface area contributed by atoms with E-state index in [9.17, 15) is 0 Å². The number of hydrogen-bond acceptors (Lipinski definition) is 2. The summed E-state index contributed by atoms with van der Waals surface area (Å²) in [5, 5.41) is 4.94. The van der Waals surface area contributed by atoms with Crippen LogP contribution < -0.4 is 0 Å². The highest BCUT2D eigenvalue weighted by molar-refractivity contribution is 7.15. The lowest BCUT2D eigenvalue weighted by molar-refractivity contribution is 0.838. The third-order valence-electron chi connectivity index (χ3n) is 11.7. The third kappa shape index (κ3) is 6.87. The van der Waals surface area contributed by atoms with Crippen LogP contribution in [0.25, 0.3) is 42.4 Å². The topological polar surface area (TPSA) is 0 Å². The monoisotopic (exact) mass is 730 g/mol. The molecule has 3 aromatic carbocycles. The van der Waals surface area contributed by atoms with E-state index >= 15 is 0 Å². The van der Waals surface area contributed by atoms with Gasteiger partial charge in [-0.1, -0.05) is 119 Å². The van der Waals surface area contributed by atoms with Crippen molar-refractivity contribution in [2.75, 3.05) is 0 Å². The number of fused-ring (bicyclic) bond motifs is 2. The van der Waals surface area contributed by atoms with Crippen molar-refractivity contribution >= 4 is 60.4 Å². The van der Waals surface area contributed by atoms with Crippen molar-refractivity contribution in [3.05, 3.63) is 81.5 Å². The van der Waals surface area contributed by atoms with Crippen LogP contribution in [0, 0.1) is 36.8 Å². The van der Waals surface area contributed by atoms with Gasteiger partial charge in [-0.05, 0) is 116 Å². The molecule has 0 nitrogen and oxygen atoms in total. The summed E-state index contributed by atoms with van der Waals surface area (Å²) < 4.78 is 0. The highest BCUT2D eigenvalue weighted by Crippen LogP contribution is 2.44. The van der Waals surface area contributed by atoms with Crippen molar-refractivity contribution in [2.45, 2.75) is 130 Å². The Morgan fingerprint density at radius 3 is 1.00 bits per heavy atom. The van der Waals surface area contributed by atoms with Gasteiger partial charge in [-0.3, -0.25) is 0 Å². The first-order chi connectivity index (χ1) is 23.5. The highest BCUT2D eigenvalue weighted by Gasteiger charge is 2.43. The summed E-state index contributed by atoms with van der Waals surface area (Å²) >= 11 is 3.73. The van der Waals surface area contributed by atoms with E-state index in [4.69, 9.17) is 0 Å². The third-order valence-corrected chi connectivity index (χ3v) is 26.4. The molecule has 0 atom stereocenters. The summed E-state index contributed by atoms with van der Waals surface area (Å²) in [7, 11) is -3.98. The number of rotatable bonds is 8. The average Bonchev–Trinajstić information content (AvgIpc) is 3.68. The van der Waals surface area contributed by atoms with Crippen molar-refractivity contribution < 1.29 is 0 Å². The van der Waals surface area contributed by atoms with Gasteiger partial charge in [-0.25, -0.2) is 0 Å². The summed E-state index contributed by atoms with van der Waals surface area (Å²) in [5.74, 6) is 7.99. The lowest BCUT2D eigenvalue weighted by Gasteiger charge is -2.38. The van der Waals surface area contributed by atoms with Crippen molar-refractivity contribution in [3.8, 4) is 43.8 Å². The first kappa shape index (κ1) is 38.4. The van der Waals surface area contributed by atoms with Gasteiger partial charge in [0.25, 0.3) is 0 Å². The summed E-state index contributed by atoms with van der Waals surface area (Å²) in [6.07, 6.45) is 0.